The third-order valence-corrected chi connectivity index (χ3v) is 3.79. The summed E-state index contributed by atoms with van der Waals surface area (Å²) < 4.78 is 0. The van der Waals surface area contributed by atoms with Crippen molar-refractivity contribution >= 4 is 11.7 Å². The first kappa shape index (κ1) is 17.4. The molecule has 0 bridgehead atoms. The molecule has 2 rings (SSSR count). The topological polar surface area (TPSA) is 99.7 Å². The van der Waals surface area contributed by atoms with E-state index in [2.05, 4.69) is 0 Å². The van der Waals surface area contributed by atoms with Crippen molar-refractivity contribution in [3.63, 3.8) is 0 Å². The van der Waals surface area contributed by atoms with Crippen molar-refractivity contribution < 1.29 is 0 Å². The Bertz CT molecular complexity index is 641. The normalized spacial score (nSPS) is 9.64. The lowest BCUT2D eigenvalue weighted by atomic mass is 10.0. The maximum absolute atomic E-state index is 7.25. The van der Waals surface area contributed by atoms with Crippen LogP contribution in [0.1, 0.15) is 33.4 Å². The first-order chi connectivity index (χ1) is 10.3. The lowest BCUT2D eigenvalue weighted by Crippen LogP contribution is -2.13. The summed E-state index contributed by atoms with van der Waals surface area (Å²) in [6.07, 6.45) is 0. The summed E-state index contributed by atoms with van der Waals surface area (Å²) in [6.45, 7) is 7.99. The summed E-state index contributed by atoms with van der Waals surface area (Å²) in [5.41, 5.74) is 17.0. The smallest absolute Gasteiger partial charge is 0.123 e. The number of benzene rings is 2. The van der Waals surface area contributed by atoms with Gasteiger partial charge in [0.2, 0.25) is 0 Å². The minimum Gasteiger partial charge on any atom is -0.384 e. The van der Waals surface area contributed by atoms with E-state index in [-0.39, 0.29) is 11.7 Å². The molecular formula is C18H24N4. The fraction of sp³-hybridized carbons (Fsp3) is 0.222. The zero-order chi connectivity index (χ0) is 16.9. The van der Waals surface area contributed by atoms with Gasteiger partial charge in [-0.15, -0.1) is 0 Å². The largest absolute Gasteiger partial charge is 0.384 e. The van der Waals surface area contributed by atoms with Crippen LogP contribution < -0.4 is 11.5 Å². The molecule has 0 saturated heterocycles. The van der Waals surface area contributed by atoms with Gasteiger partial charge in [0.15, 0.2) is 0 Å². The molecule has 22 heavy (non-hydrogen) atoms. The number of nitrogens with one attached hydrogen (secondary N) is 2. The summed E-state index contributed by atoms with van der Waals surface area (Å²) in [6, 6.07) is 11.6. The van der Waals surface area contributed by atoms with E-state index in [1.807, 2.05) is 64.1 Å². The second-order valence-corrected chi connectivity index (χ2v) is 5.32. The van der Waals surface area contributed by atoms with Gasteiger partial charge in [0.1, 0.15) is 11.7 Å². The van der Waals surface area contributed by atoms with Crippen LogP contribution in [-0.2, 0) is 0 Å². The van der Waals surface area contributed by atoms with E-state index >= 15 is 0 Å². The van der Waals surface area contributed by atoms with Gasteiger partial charge in [-0.3, -0.25) is 10.8 Å². The number of nitrogens with two attached hydrogens (primary N) is 2. The van der Waals surface area contributed by atoms with Crippen molar-refractivity contribution in [2.75, 3.05) is 0 Å². The van der Waals surface area contributed by atoms with Crippen LogP contribution in [0.5, 0.6) is 0 Å². The second kappa shape index (κ2) is 7.41. The van der Waals surface area contributed by atoms with E-state index in [4.69, 9.17) is 22.3 Å². The zero-order valence-corrected chi connectivity index (χ0v) is 13.6. The van der Waals surface area contributed by atoms with Crippen LogP contribution in [0.2, 0.25) is 0 Å². The van der Waals surface area contributed by atoms with E-state index < -0.39 is 0 Å². The van der Waals surface area contributed by atoms with E-state index in [0.717, 1.165) is 22.3 Å². The van der Waals surface area contributed by atoms with Gasteiger partial charge in [0.25, 0.3) is 0 Å². The Morgan fingerprint density at radius 1 is 0.682 bits per heavy atom. The zero-order valence-electron chi connectivity index (χ0n) is 13.6. The van der Waals surface area contributed by atoms with Gasteiger partial charge in [0, 0.05) is 11.1 Å². The van der Waals surface area contributed by atoms with Crippen LogP contribution in [0.15, 0.2) is 36.4 Å². The molecule has 0 aliphatic rings. The molecule has 0 aliphatic carbocycles. The summed E-state index contributed by atoms with van der Waals surface area (Å²) in [5, 5.41) is 14.5. The van der Waals surface area contributed by atoms with Crippen molar-refractivity contribution in [1.29, 1.82) is 10.8 Å². The molecule has 0 unspecified atom stereocenters. The van der Waals surface area contributed by atoms with Crippen molar-refractivity contribution in [2.24, 2.45) is 11.5 Å². The van der Waals surface area contributed by atoms with Crippen LogP contribution in [0.4, 0.5) is 0 Å². The molecular weight excluding hydrogens is 272 g/mol. The van der Waals surface area contributed by atoms with Crippen LogP contribution in [0.25, 0.3) is 0 Å². The van der Waals surface area contributed by atoms with Crippen LogP contribution in [0.3, 0.4) is 0 Å². The minimum absolute atomic E-state index is 0.145. The molecule has 0 aromatic heterocycles. The summed E-state index contributed by atoms with van der Waals surface area (Å²) in [7, 11) is 0. The quantitative estimate of drug-likeness (QED) is 0.505. The van der Waals surface area contributed by atoms with E-state index in [1.54, 1.807) is 0 Å². The van der Waals surface area contributed by atoms with E-state index in [9.17, 15) is 0 Å². The highest BCUT2D eigenvalue weighted by atomic mass is 14.7. The van der Waals surface area contributed by atoms with Crippen molar-refractivity contribution in [1.82, 2.24) is 0 Å². The van der Waals surface area contributed by atoms with Gasteiger partial charge in [0.05, 0.1) is 0 Å². The van der Waals surface area contributed by atoms with E-state index in [0.29, 0.717) is 0 Å². The van der Waals surface area contributed by atoms with Gasteiger partial charge < -0.3 is 11.5 Å². The summed E-state index contributed by atoms with van der Waals surface area (Å²) in [5.74, 6) is 0.289. The van der Waals surface area contributed by atoms with E-state index in [1.165, 1.54) is 11.1 Å². The predicted molar refractivity (Wildman–Crippen MR) is 93.9 cm³/mol. The predicted octanol–water partition coefficient (Wildman–Crippen LogP) is 3.18. The lowest BCUT2D eigenvalue weighted by molar-refractivity contribution is 1.30. The van der Waals surface area contributed by atoms with Crippen molar-refractivity contribution in [3.8, 4) is 0 Å². The molecule has 0 heterocycles. The third-order valence-electron chi connectivity index (χ3n) is 3.79. The first-order valence-corrected chi connectivity index (χ1v) is 7.07. The molecule has 2 aromatic rings. The van der Waals surface area contributed by atoms with Crippen molar-refractivity contribution in [3.05, 3.63) is 69.8 Å². The molecule has 0 aliphatic heterocycles. The molecule has 2 aromatic carbocycles. The highest BCUT2D eigenvalue weighted by Gasteiger charge is 2.02. The SMILES string of the molecule is Cc1cccc(C(=N)N)c1C.Cc1cccc(C(=N)N)c1C. The molecule has 0 amide bonds. The molecule has 4 nitrogen and oxygen atoms in total. The Balaban J connectivity index is 0.000000220. The maximum Gasteiger partial charge on any atom is 0.123 e. The molecule has 0 atom stereocenters. The number of rotatable bonds is 2. The van der Waals surface area contributed by atoms with Crippen LogP contribution >= 0.6 is 0 Å². The van der Waals surface area contributed by atoms with Crippen molar-refractivity contribution in [2.45, 2.75) is 27.7 Å². The molecule has 0 spiro atoms. The van der Waals surface area contributed by atoms with Gasteiger partial charge in [-0.25, -0.2) is 0 Å². The molecule has 6 N–H and O–H groups in total. The molecule has 116 valence electrons. The number of nitrogen functional groups attached to an aromatic ring is 2. The average molecular weight is 296 g/mol. The summed E-state index contributed by atoms with van der Waals surface area (Å²) >= 11 is 0. The minimum atomic E-state index is 0.145. The molecule has 0 radical (unpaired) electrons. The molecule has 0 fully saturated rings. The van der Waals surface area contributed by atoms with Gasteiger partial charge in [-0.1, -0.05) is 36.4 Å². The Morgan fingerprint density at radius 2 is 1.00 bits per heavy atom. The third kappa shape index (κ3) is 4.19. The Kier molecular flexibility index (Phi) is 5.87. The molecule has 4 heteroatoms. The van der Waals surface area contributed by atoms with Gasteiger partial charge in [-0.05, 0) is 49.9 Å². The average Bonchev–Trinajstić information content (AvgIpc) is 2.45. The number of hydrogen-bond acceptors (Lipinski definition) is 2. The number of amidine groups is 2. The second-order valence-electron chi connectivity index (χ2n) is 5.32. The van der Waals surface area contributed by atoms with Gasteiger partial charge >= 0.3 is 0 Å². The number of hydrogen-bond donors (Lipinski definition) is 4. The first-order valence-electron chi connectivity index (χ1n) is 7.07. The maximum atomic E-state index is 7.25. The monoisotopic (exact) mass is 296 g/mol. The highest BCUT2D eigenvalue weighted by molar-refractivity contribution is 5.97. The van der Waals surface area contributed by atoms with Crippen LogP contribution in [-0.4, -0.2) is 11.7 Å². The Labute approximate surface area is 132 Å². The van der Waals surface area contributed by atoms with Crippen LogP contribution in [0, 0.1) is 38.5 Å². The fourth-order valence-corrected chi connectivity index (χ4v) is 2.09. The Morgan fingerprint density at radius 3 is 1.23 bits per heavy atom. The Hall–Kier alpha value is -2.62. The fourth-order valence-electron chi connectivity index (χ4n) is 2.09. The van der Waals surface area contributed by atoms with Gasteiger partial charge in [-0.2, -0.15) is 0 Å². The summed E-state index contributed by atoms with van der Waals surface area (Å²) in [4.78, 5) is 0. The number of aryl methyl sites for hydroxylation is 2. The highest BCUT2D eigenvalue weighted by Crippen LogP contribution is 2.12. The molecule has 0 saturated carbocycles. The standard InChI is InChI=1S/2C9H12N2/c2*1-6-4-3-5-8(7(6)2)9(10)11/h2*3-5H,1-2H3,(H3,10,11). The lowest BCUT2D eigenvalue weighted by Gasteiger charge is -2.05.